The maximum absolute atomic E-state index is 12.0. The van der Waals surface area contributed by atoms with Gasteiger partial charge in [0.15, 0.2) is 0 Å². The molecule has 0 aliphatic heterocycles. The summed E-state index contributed by atoms with van der Waals surface area (Å²) in [7, 11) is 0. The molecule has 3 N–H and O–H groups in total. The van der Waals surface area contributed by atoms with Crippen LogP contribution in [0.15, 0.2) is 6.07 Å². The maximum atomic E-state index is 12.0. The first kappa shape index (κ1) is 14.1. The van der Waals surface area contributed by atoms with Crippen molar-refractivity contribution in [1.29, 1.82) is 0 Å². The van der Waals surface area contributed by atoms with Crippen LogP contribution < -0.4 is 11.1 Å². The Kier molecular flexibility index (Phi) is 5.08. The molecule has 1 rings (SSSR count). The van der Waals surface area contributed by atoms with Crippen molar-refractivity contribution in [1.82, 2.24) is 5.32 Å². The van der Waals surface area contributed by atoms with E-state index < -0.39 is 0 Å². The van der Waals surface area contributed by atoms with Crippen LogP contribution in [0.5, 0.6) is 0 Å². The van der Waals surface area contributed by atoms with Gasteiger partial charge in [-0.1, -0.05) is 19.1 Å². The molecule has 3 nitrogen and oxygen atoms in total. The lowest BCUT2D eigenvalue weighted by Gasteiger charge is -2.15. The topological polar surface area (TPSA) is 55.1 Å². The number of carbonyl (C=O) groups is 1. The number of nitrogens with two attached hydrogens (primary N) is 1. The summed E-state index contributed by atoms with van der Waals surface area (Å²) in [6.07, 6.45) is 1.38. The number of rotatable bonds is 5. The van der Waals surface area contributed by atoms with Crippen LogP contribution in [0.4, 0.5) is 0 Å². The lowest BCUT2D eigenvalue weighted by atomic mass is 10.1. The van der Waals surface area contributed by atoms with E-state index in [2.05, 4.69) is 5.32 Å². The summed E-state index contributed by atoms with van der Waals surface area (Å²) in [5.74, 6) is -0.0331. The number of nitrogens with one attached hydrogen (secondary N) is 1. The normalized spacial score (nSPS) is 12.2. The first-order valence-corrected chi connectivity index (χ1v) is 6.82. The van der Waals surface area contributed by atoms with E-state index in [1.807, 2.05) is 26.8 Å². The molecule has 0 aromatic carbocycles. The van der Waals surface area contributed by atoms with Crippen LogP contribution in [-0.2, 0) is 0 Å². The van der Waals surface area contributed by atoms with Gasteiger partial charge in [-0.3, -0.25) is 4.79 Å². The zero-order valence-corrected chi connectivity index (χ0v) is 12.0. The second-order valence-electron chi connectivity index (χ2n) is 4.10. The first-order chi connectivity index (χ1) is 7.93. The Balaban J connectivity index is 2.67. The lowest BCUT2D eigenvalue weighted by Crippen LogP contribution is -2.36. The fraction of sp³-hybridized carbons (Fsp3) is 0.500. The van der Waals surface area contributed by atoms with Gasteiger partial charge < -0.3 is 11.1 Å². The predicted molar refractivity (Wildman–Crippen MR) is 76.7 cm³/mol. The molecular formula is C12H18N2OS2. The molecule has 17 heavy (non-hydrogen) atoms. The van der Waals surface area contributed by atoms with Gasteiger partial charge in [0.05, 0.1) is 9.87 Å². The monoisotopic (exact) mass is 270 g/mol. The van der Waals surface area contributed by atoms with E-state index in [9.17, 15) is 4.79 Å². The van der Waals surface area contributed by atoms with Gasteiger partial charge in [-0.15, -0.1) is 11.3 Å². The standard InChI is InChI=1S/C12H18N2OS2/c1-4-9(6-11(13)16)14-12(15)10-5-7(2)8(3)17-10/h5,9H,4,6H2,1-3H3,(H2,13,16)(H,14,15). The summed E-state index contributed by atoms with van der Waals surface area (Å²) in [6.45, 7) is 6.03. The van der Waals surface area contributed by atoms with Crippen LogP contribution in [0.2, 0.25) is 0 Å². The third-order valence-electron chi connectivity index (χ3n) is 2.67. The van der Waals surface area contributed by atoms with Crippen LogP contribution in [0.1, 0.15) is 39.9 Å². The Morgan fingerprint density at radius 3 is 2.65 bits per heavy atom. The molecule has 0 saturated carbocycles. The highest BCUT2D eigenvalue weighted by Gasteiger charge is 2.15. The summed E-state index contributed by atoms with van der Waals surface area (Å²) in [5.41, 5.74) is 6.65. The number of amides is 1. The molecule has 1 unspecified atom stereocenters. The van der Waals surface area contributed by atoms with Crippen LogP contribution in [0.25, 0.3) is 0 Å². The van der Waals surface area contributed by atoms with Crippen LogP contribution in [0.3, 0.4) is 0 Å². The highest BCUT2D eigenvalue weighted by Crippen LogP contribution is 2.20. The molecule has 0 fully saturated rings. The van der Waals surface area contributed by atoms with Crippen molar-refractivity contribution in [3.8, 4) is 0 Å². The van der Waals surface area contributed by atoms with Crippen LogP contribution in [0, 0.1) is 13.8 Å². The molecule has 94 valence electrons. The molecule has 1 atom stereocenters. The minimum absolute atomic E-state index is 0.0303. The van der Waals surface area contributed by atoms with Crippen molar-refractivity contribution >= 4 is 34.5 Å². The summed E-state index contributed by atoms with van der Waals surface area (Å²) < 4.78 is 0. The lowest BCUT2D eigenvalue weighted by molar-refractivity contribution is 0.0941. The summed E-state index contributed by atoms with van der Waals surface area (Å²) in [5, 5.41) is 2.96. The van der Waals surface area contributed by atoms with E-state index in [1.165, 1.54) is 16.2 Å². The second kappa shape index (κ2) is 6.12. The summed E-state index contributed by atoms with van der Waals surface area (Å²) in [6, 6.07) is 1.95. The Morgan fingerprint density at radius 1 is 1.59 bits per heavy atom. The number of hydrogen-bond donors (Lipinski definition) is 2. The number of thiocarbonyl (C=S) groups is 1. The quantitative estimate of drug-likeness (QED) is 0.809. The Labute approximate surface area is 111 Å². The van der Waals surface area contributed by atoms with Crippen LogP contribution >= 0.6 is 23.6 Å². The SMILES string of the molecule is CCC(CC(N)=S)NC(=O)c1cc(C)c(C)s1. The van der Waals surface area contributed by atoms with E-state index in [0.29, 0.717) is 11.4 Å². The molecule has 1 aromatic rings. The summed E-state index contributed by atoms with van der Waals surface area (Å²) >= 11 is 6.38. The molecule has 0 aliphatic carbocycles. The Hall–Kier alpha value is -0.940. The van der Waals surface area contributed by atoms with E-state index in [0.717, 1.165) is 16.9 Å². The molecule has 1 aromatic heterocycles. The predicted octanol–water partition coefficient (Wildman–Crippen LogP) is 2.55. The molecule has 0 spiro atoms. The number of aryl methyl sites for hydroxylation is 2. The minimum Gasteiger partial charge on any atom is -0.393 e. The van der Waals surface area contributed by atoms with Crippen molar-refractivity contribution in [2.75, 3.05) is 0 Å². The minimum atomic E-state index is -0.0331. The van der Waals surface area contributed by atoms with Crippen molar-refractivity contribution in [2.24, 2.45) is 5.73 Å². The molecule has 0 saturated heterocycles. The average Bonchev–Trinajstić information content (AvgIpc) is 2.57. The zero-order chi connectivity index (χ0) is 13.0. The Bertz CT molecular complexity index is 407. The van der Waals surface area contributed by atoms with E-state index in [-0.39, 0.29) is 11.9 Å². The highest BCUT2D eigenvalue weighted by molar-refractivity contribution is 7.80. The van der Waals surface area contributed by atoms with Gasteiger partial charge in [-0.25, -0.2) is 0 Å². The maximum Gasteiger partial charge on any atom is 0.261 e. The molecule has 0 radical (unpaired) electrons. The third-order valence-corrected chi connectivity index (χ3v) is 3.98. The van der Waals surface area contributed by atoms with Crippen LogP contribution in [-0.4, -0.2) is 16.9 Å². The van der Waals surface area contributed by atoms with Crippen molar-refractivity contribution in [3.63, 3.8) is 0 Å². The number of thiophene rings is 1. The van der Waals surface area contributed by atoms with Gasteiger partial charge in [0.1, 0.15) is 0 Å². The van der Waals surface area contributed by atoms with Gasteiger partial charge in [0.2, 0.25) is 0 Å². The van der Waals surface area contributed by atoms with E-state index >= 15 is 0 Å². The van der Waals surface area contributed by atoms with Gasteiger partial charge in [0, 0.05) is 17.3 Å². The molecule has 0 aliphatic rings. The fourth-order valence-electron chi connectivity index (χ4n) is 1.48. The van der Waals surface area contributed by atoms with Crippen molar-refractivity contribution < 1.29 is 4.79 Å². The second-order valence-corrected chi connectivity index (χ2v) is 5.88. The van der Waals surface area contributed by atoms with E-state index in [1.54, 1.807) is 0 Å². The smallest absolute Gasteiger partial charge is 0.261 e. The molecule has 1 amide bonds. The third kappa shape index (κ3) is 4.09. The fourth-order valence-corrected chi connectivity index (χ4v) is 2.62. The largest absolute Gasteiger partial charge is 0.393 e. The number of hydrogen-bond acceptors (Lipinski definition) is 3. The Morgan fingerprint density at radius 2 is 2.24 bits per heavy atom. The number of carbonyl (C=O) groups excluding carboxylic acids is 1. The summed E-state index contributed by atoms with van der Waals surface area (Å²) in [4.78, 5) is 14.3. The van der Waals surface area contributed by atoms with E-state index in [4.69, 9.17) is 18.0 Å². The van der Waals surface area contributed by atoms with Gasteiger partial charge in [0.25, 0.3) is 5.91 Å². The molecule has 1 heterocycles. The highest BCUT2D eigenvalue weighted by atomic mass is 32.1. The van der Waals surface area contributed by atoms with Gasteiger partial charge >= 0.3 is 0 Å². The average molecular weight is 270 g/mol. The van der Waals surface area contributed by atoms with Crippen molar-refractivity contribution in [3.05, 3.63) is 21.4 Å². The molecular weight excluding hydrogens is 252 g/mol. The van der Waals surface area contributed by atoms with Gasteiger partial charge in [-0.2, -0.15) is 0 Å². The van der Waals surface area contributed by atoms with Gasteiger partial charge in [-0.05, 0) is 31.9 Å². The van der Waals surface area contributed by atoms with Crippen molar-refractivity contribution in [2.45, 2.75) is 39.7 Å². The first-order valence-electron chi connectivity index (χ1n) is 5.60. The molecule has 5 heteroatoms. The zero-order valence-electron chi connectivity index (χ0n) is 10.4. The molecule has 0 bridgehead atoms.